The van der Waals surface area contributed by atoms with Gasteiger partial charge in [-0.2, -0.15) is 0 Å². The lowest BCUT2D eigenvalue weighted by molar-refractivity contribution is -0.128. The molecule has 0 aliphatic carbocycles. The zero-order valence-corrected chi connectivity index (χ0v) is 17.9. The Bertz CT molecular complexity index is 791. The number of rotatable bonds is 9. The first-order valence-electron chi connectivity index (χ1n) is 10.1. The van der Waals surface area contributed by atoms with Gasteiger partial charge in [0.05, 0.1) is 12.5 Å². The summed E-state index contributed by atoms with van der Waals surface area (Å²) in [6.07, 6.45) is -0.602. The van der Waals surface area contributed by atoms with E-state index in [1.165, 1.54) is 0 Å². The number of benzene rings is 1. The number of hydrogen-bond acceptors (Lipinski definition) is 5. The van der Waals surface area contributed by atoms with Crippen molar-refractivity contribution in [3.05, 3.63) is 35.9 Å². The predicted molar refractivity (Wildman–Crippen MR) is 111 cm³/mol. The molecule has 3 amide bonds. The van der Waals surface area contributed by atoms with E-state index in [9.17, 15) is 19.2 Å². The molecule has 3 atom stereocenters. The quantitative estimate of drug-likeness (QED) is 0.556. The van der Waals surface area contributed by atoms with Gasteiger partial charge in [0.25, 0.3) is 5.91 Å². The second kappa shape index (κ2) is 9.84. The molecule has 2 rings (SSSR count). The number of primary amides is 1. The highest BCUT2D eigenvalue weighted by molar-refractivity contribution is 5.99. The molecular formula is C22H31N3O5. The predicted octanol–water partition coefficient (Wildman–Crippen LogP) is 1.19. The van der Waals surface area contributed by atoms with Gasteiger partial charge in [0.15, 0.2) is 5.78 Å². The third-order valence-electron chi connectivity index (χ3n) is 5.81. The summed E-state index contributed by atoms with van der Waals surface area (Å²) in [4.78, 5) is 49.2. The minimum absolute atomic E-state index is 0.171. The Kier molecular flexibility index (Phi) is 7.72. The van der Waals surface area contributed by atoms with Crippen molar-refractivity contribution < 1.29 is 23.9 Å². The second-order valence-electron chi connectivity index (χ2n) is 8.71. The fourth-order valence-electron chi connectivity index (χ4n) is 3.19. The Morgan fingerprint density at radius 3 is 2.40 bits per heavy atom. The molecule has 1 aromatic carbocycles. The lowest BCUT2D eigenvalue weighted by Gasteiger charge is -2.33. The molecule has 0 bridgehead atoms. The van der Waals surface area contributed by atoms with E-state index in [4.69, 9.17) is 10.5 Å². The van der Waals surface area contributed by atoms with E-state index < -0.39 is 30.0 Å². The fraction of sp³-hybridized carbons (Fsp3) is 0.545. The summed E-state index contributed by atoms with van der Waals surface area (Å²) in [7, 11) is 0. The van der Waals surface area contributed by atoms with E-state index in [1.807, 2.05) is 27.7 Å². The molecule has 0 aromatic heterocycles. The van der Waals surface area contributed by atoms with Gasteiger partial charge in [0, 0.05) is 5.56 Å². The maximum atomic E-state index is 13.1. The van der Waals surface area contributed by atoms with E-state index >= 15 is 0 Å². The first kappa shape index (κ1) is 23.5. The molecule has 1 fully saturated rings. The first-order chi connectivity index (χ1) is 14.0. The number of ether oxygens (including phenoxy) is 1. The molecule has 1 saturated heterocycles. The number of amides is 3. The average molecular weight is 418 g/mol. The van der Waals surface area contributed by atoms with Crippen LogP contribution in [0.25, 0.3) is 0 Å². The standard InChI is InChI=1S/C22H31N3O5/c1-13(2)22(3,4)11-15(24-20(28)14-8-6-5-7-9-14)21(29)25-19-16(26)12-30-17(19)10-18(23)27/h5-9,13,15,17,19H,10-12H2,1-4H3,(H2,23,27)(H,24,28)(H,25,29)/t15-,17?,19?/m0/s1. The Morgan fingerprint density at radius 1 is 1.20 bits per heavy atom. The number of nitrogens with two attached hydrogens (primary N) is 1. The number of Topliss-reactive ketones (excluding diaryl/α,β-unsaturated/α-hetero) is 1. The van der Waals surface area contributed by atoms with Crippen molar-refractivity contribution in [1.82, 2.24) is 10.6 Å². The number of ketones is 1. The van der Waals surface area contributed by atoms with E-state index in [-0.39, 0.29) is 36.1 Å². The van der Waals surface area contributed by atoms with Gasteiger partial charge in [-0.05, 0) is 29.9 Å². The van der Waals surface area contributed by atoms with E-state index in [1.54, 1.807) is 30.3 Å². The number of carbonyl (C=O) groups excluding carboxylic acids is 4. The molecule has 8 nitrogen and oxygen atoms in total. The maximum Gasteiger partial charge on any atom is 0.251 e. The van der Waals surface area contributed by atoms with Crippen molar-refractivity contribution in [2.75, 3.05) is 6.61 Å². The van der Waals surface area contributed by atoms with E-state index in [0.717, 1.165) is 0 Å². The van der Waals surface area contributed by atoms with Gasteiger partial charge < -0.3 is 21.1 Å². The van der Waals surface area contributed by atoms with Gasteiger partial charge in [-0.15, -0.1) is 0 Å². The molecule has 1 aromatic rings. The van der Waals surface area contributed by atoms with Crippen LogP contribution in [0, 0.1) is 11.3 Å². The summed E-state index contributed by atoms with van der Waals surface area (Å²) in [5.41, 5.74) is 5.40. The van der Waals surface area contributed by atoms with Crippen LogP contribution in [0.2, 0.25) is 0 Å². The molecule has 2 unspecified atom stereocenters. The second-order valence-corrected chi connectivity index (χ2v) is 8.71. The van der Waals surface area contributed by atoms with Crippen LogP contribution in [0.3, 0.4) is 0 Å². The average Bonchev–Trinajstić information content (AvgIpc) is 3.00. The van der Waals surface area contributed by atoms with Gasteiger partial charge in [-0.25, -0.2) is 0 Å². The highest BCUT2D eigenvalue weighted by atomic mass is 16.5. The lowest BCUT2D eigenvalue weighted by Crippen LogP contribution is -2.55. The first-order valence-corrected chi connectivity index (χ1v) is 10.1. The van der Waals surface area contributed by atoms with Gasteiger partial charge in [-0.3, -0.25) is 19.2 Å². The van der Waals surface area contributed by atoms with Crippen LogP contribution in [-0.2, 0) is 19.1 Å². The minimum Gasteiger partial charge on any atom is -0.370 e. The van der Waals surface area contributed by atoms with Crippen molar-refractivity contribution in [2.45, 2.75) is 58.7 Å². The van der Waals surface area contributed by atoms with Crippen LogP contribution in [0.1, 0.15) is 50.9 Å². The van der Waals surface area contributed by atoms with Crippen molar-refractivity contribution >= 4 is 23.5 Å². The number of hydrogen-bond donors (Lipinski definition) is 3. The monoisotopic (exact) mass is 417 g/mol. The van der Waals surface area contributed by atoms with Crippen molar-refractivity contribution in [3.63, 3.8) is 0 Å². The zero-order chi connectivity index (χ0) is 22.5. The molecule has 4 N–H and O–H groups in total. The smallest absolute Gasteiger partial charge is 0.251 e. The van der Waals surface area contributed by atoms with Crippen LogP contribution in [0.4, 0.5) is 0 Å². The molecule has 8 heteroatoms. The molecular weight excluding hydrogens is 386 g/mol. The third kappa shape index (κ3) is 6.13. The highest BCUT2D eigenvalue weighted by Gasteiger charge is 2.40. The van der Waals surface area contributed by atoms with Crippen molar-refractivity contribution in [3.8, 4) is 0 Å². The number of carbonyl (C=O) groups is 4. The summed E-state index contributed by atoms with van der Waals surface area (Å²) in [5.74, 6) is -1.57. The lowest BCUT2D eigenvalue weighted by atomic mass is 9.76. The maximum absolute atomic E-state index is 13.1. The molecule has 0 saturated carbocycles. The zero-order valence-electron chi connectivity index (χ0n) is 17.9. The Hall–Kier alpha value is -2.74. The Morgan fingerprint density at radius 2 is 1.83 bits per heavy atom. The van der Waals surface area contributed by atoms with Crippen molar-refractivity contribution in [1.29, 1.82) is 0 Å². The van der Waals surface area contributed by atoms with Gasteiger partial charge >= 0.3 is 0 Å². The van der Waals surface area contributed by atoms with Crippen molar-refractivity contribution in [2.24, 2.45) is 17.1 Å². The summed E-state index contributed by atoms with van der Waals surface area (Å²) < 4.78 is 5.31. The van der Waals surface area contributed by atoms with E-state index in [2.05, 4.69) is 10.6 Å². The Labute approximate surface area is 176 Å². The molecule has 30 heavy (non-hydrogen) atoms. The molecule has 1 heterocycles. The SMILES string of the molecule is CC(C)C(C)(C)C[C@H](NC(=O)c1ccccc1)C(=O)NC1C(=O)COC1CC(N)=O. The molecule has 0 spiro atoms. The molecule has 1 aliphatic rings. The van der Waals surface area contributed by atoms with Crippen LogP contribution < -0.4 is 16.4 Å². The third-order valence-corrected chi connectivity index (χ3v) is 5.81. The van der Waals surface area contributed by atoms with Crippen LogP contribution in [-0.4, -0.2) is 48.3 Å². The van der Waals surface area contributed by atoms with Gasteiger partial charge in [0.1, 0.15) is 18.7 Å². The van der Waals surface area contributed by atoms with E-state index in [0.29, 0.717) is 12.0 Å². The summed E-state index contributed by atoms with van der Waals surface area (Å²) in [6, 6.07) is 6.77. The molecule has 164 valence electrons. The fourth-order valence-corrected chi connectivity index (χ4v) is 3.19. The highest BCUT2D eigenvalue weighted by Crippen LogP contribution is 2.31. The molecule has 0 radical (unpaired) electrons. The van der Waals surface area contributed by atoms with Gasteiger partial charge in [0.2, 0.25) is 11.8 Å². The topological polar surface area (TPSA) is 128 Å². The van der Waals surface area contributed by atoms with Gasteiger partial charge in [-0.1, -0.05) is 45.9 Å². The summed E-state index contributed by atoms with van der Waals surface area (Å²) >= 11 is 0. The largest absolute Gasteiger partial charge is 0.370 e. The van der Waals surface area contributed by atoms with Crippen LogP contribution >= 0.6 is 0 Å². The Balaban J connectivity index is 2.19. The molecule has 1 aliphatic heterocycles. The summed E-state index contributed by atoms with van der Waals surface area (Å²) in [5, 5.41) is 5.46. The normalized spacial score (nSPS) is 20.1. The summed E-state index contributed by atoms with van der Waals surface area (Å²) in [6.45, 7) is 7.94. The number of nitrogens with one attached hydrogen (secondary N) is 2. The minimum atomic E-state index is -0.969. The van der Waals surface area contributed by atoms with Crippen LogP contribution in [0.15, 0.2) is 30.3 Å². The van der Waals surface area contributed by atoms with Crippen LogP contribution in [0.5, 0.6) is 0 Å².